The van der Waals surface area contributed by atoms with E-state index in [0.717, 1.165) is 55.1 Å². The first-order valence-corrected chi connectivity index (χ1v) is 17.9. The number of aromatic nitrogens is 3. The molecule has 0 unspecified atom stereocenters. The highest BCUT2D eigenvalue weighted by Gasteiger charge is 2.20. The van der Waals surface area contributed by atoms with Crippen molar-refractivity contribution in [2.75, 3.05) is 0 Å². The van der Waals surface area contributed by atoms with Gasteiger partial charge in [0.25, 0.3) is 0 Å². The molecule has 0 aliphatic heterocycles. The maximum Gasteiger partial charge on any atom is 0.167 e. The Morgan fingerprint density at radius 2 is 0.792 bits per heavy atom. The van der Waals surface area contributed by atoms with Crippen LogP contribution in [0.4, 0.5) is 0 Å². The summed E-state index contributed by atoms with van der Waals surface area (Å²) in [6.07, 6.45) is 0. The van der Waals surface area contributed by atoms with Gasteiger partial charge in [-0.25, -0.2) is 15.0 Å². The third-order valence-corrected chi connectivity index (χ3v) is 10.5. The Bertz CT molecular complexity index is 3210. The van der Waals surface area contributed by atoms with Crippen molar-refractivity contribution in [3.05, 3.63) is 176 Å². The van der Waals surface area contributed by atoms with Gasteiger partial charge in [0, 0.05) is 21.9 Å². The molecule has 0 spiro atoms. The van der Waals surface area contributed by atoms with Crippen LogP contribution < -0.4 is 0 Å². The Kier molecular flexibility index (Phi) is 6.52. The van der Waals surface area contributed by atoms with E-state index in [1.165, 1.54) is 37.7 Å². The van der Waals surface area contributed by atoms with Gasteiger partial charge in [-0.15, -0.1) is 0 Å². The van der Waals surface area contributed by atoms with E-state index in [1.807, 2.05) is 24.3 Å². The van der Waals surface area contributed by atoms with Crippen molar-refractivity contribution < 1.29 is 4.42 Å². The number of nitrogens with zero attached hydrogens (tertiary/aromatic N) is 3. The predicted molar refractivity (Wildman–Crippen MR) is 219 cm³/mol. The van der Waals surface area contributed by atoms with Crippen molar-refractivity contribution in [1.29, 1.82) is 0 Å². The van der Waals surface area contributed by atoms with Crippen LogP contribution in [0.15, 0.2) is 180 Å². The summed E-state index contributed by atoms with van der Waals surface area (Å²) in [5, 5.41) is 11.7. The fourth-order valence-electron chi connectivity index (χ4n) is 8.09. The standard InChI is InChI=1S/C49H29N3O/c1-2-15-32-30(13-1)14-11-23-33(32)37-19-7-8-22-42(37)48-50-47(51-49(52-48)43-25-12-24-41-40-21-9-10-26-45(40)53-46(41)43)31-27-28-39-36-18-4-3-16-34(36)35-17-5-6-20-38(35)44(39)29-31/h1-29H. The van der Waals surface area contributed by atoms with Gasteiger partial charge < -0.3 is 4.42 Å². The molecule has 9 aromatic carbocycles. The van der Waals surface area contributed by atoms with Crippen LogP contribution in [0.2, 0.25) is 0 Å². The first-order valence-electron chi connectivity index (χ1n) is 17.9. The Labute approximate surface area is 304 Å². The van der Waals surface area contributed by atoms with Gasteiger partial charge in [0.05, 0.1) is 5.56 Å². The van der Waals surface area contributed by atoms with Gasteiger partial charge in [-0.2, -0.15) is 0 Å². The van der Waals surface area contributed by atoms with Crippen LogP contribution in [-0.4, -0.2) is 15.0 Å². The predicted octanol–water partition coefficient (Wildman–Crippen LogP) is 13.1. The Morgan fingerprint density at radius 1 is 0.302 bits per heavy atom. The van der Waals surface area contributed by atoms with Crippen LogP contribution in [0.5, 0.6) is 0 Å². The fraction of sp³-hybridized carbons (Fsp3) is 0. The minimum Gasteiger partial charge on any atom is -0.455 e. The number of fused-ring (bicyclic) bond motifs is 10. The van der Waals surface area contributed by atoms with Crippen molar-refractivity contribution in [2.24, 2.45) is 0 Å². The van der Waals surface area contributed by atoms with Gasteiger partial charge in [0.1, 0.15) is 11.2 Å². The number of hydrogen-bond donors (Lipinski definition) is 0. The lowest BCUT2D eigenvalue weighted by molar-refractivity contribution is 0.669. The average molecular weight is 676 g/mol. The molecule has 2 aromatic heterocycles. The minimum atomic E-state index is 0.561. The molecule has 0 fully saturated rings. The summed E-state index contributed by atoms with van der Waals surface area (Å²) in [5.74, 6) is 1.76. The second-order valence-electron chi connectivity index (χ2n) is 13.5. The van der Waals surface area contributed by atoms with Crippen molar-refractivity contribution >= 4 is 65.0 Å². The summed E-state index contributed by atoms with van der Waals surface area (Å²) in [6.45, 7) is 0. The molecule has 246 valence electrons. The molecule has 0 saturated carbocycles. The lowest BCUT2D eigenvalue weighted by Gasteiger charge is -2.14. The van der Waals surface area contributed by atoms with Gasteiger partial charge in [0.2, 0.25) is 0 Å². The summed E-state index contributed by atoms with van der Waals surface area (Å²) in [6, 6.07) is 61.6. The normalized spacial score (nSPS) is 11.8. The first kappa shape index (κ1) is 29.5. The maximum atomic E-state index is 6.52. The van der Waals surface area contributed by atoms with Crippen LogP contribution in [0, 0.1) is 0 Å². The number of furan rings is 1. The fourth-order valence-corrected chi connectivity index (χ4v) is 8.09. The van der Waals surface area contributed by atoms with E-state index < -0.39 is 0 Å². The van der Waals surface area contributed by atoms with E-state index >= 15 is 0 Å². The molecular formula is C49H29N3O. The Hall–Kier alpha value is -7.17. The molecule has 0 saturated heterocycles. The van der Waals surface area contributed by atoms with E-state index in [-0.39, 0.29) is 0 Å². The number of hydrogen-bond acceptors (Lipinski definition) is 4. The van der Waals surface area contributed by atoms with Crippen LogP contribution in [-0.2, 0) is 0 Å². The van der Waals surface area contributed by atoms with Gasteiger partial charge in [-0.1, -0.05) is 158 Å². The maximum absolute atomic E-state index is 6.52. The Morgan fingerprint density at radius 3 is 1.57 bits per heavy atom. The van der Waals surface area contributed by atoms with Gasteiger partial charge >= 0.3 is 0 Å². The smallest absolute Gasteiger partial charge is 0.167 e. The second-order valence-corrected chi connectivity index (χ2v) is 13.5. The van der Waals surface area contributed by atoms with Crippen LogP contribution >= 0.6 is 0 Å². The molecular weight excluding hydrogens is 647 g/mol. The van der Waals surface area contributed by atoms with Gasteiger partial charge in [-0.3, -0.25) is 0 Å². The zero-order valence-corrected chi connectivity index (χ0v) is 28.5. The summed E-state index contributed by atoms with van der Waals surface area (Å²) in [4.78, 5) is 15.8. The van der Waals surface area contributed by atoms with Gasteiger partial charge in [-0.05, 0) is 72.4 Å². The summed E-state index contributed by atoms with van der Waals surface area (Å²) in [5.41, 5.74) is 6.46. The average Bonchev–Trinajstić information content (AvgIpc) is 3.62. The largest absolute Gasteiger partial charge is 0.455 e. The molecule has 53 heavy (non-hydrogen) atoms. The Balaban J connectivity index is 1.20. The monoisotopic (exact) mass is 675 g/mol. The molecule has 0 radical (unpaired) electrons. The van der Waals surface area contributed by atoms with E-state index in [0.29, 0.717) is 17.5 Å². The number of benzene rings is 9. The van der Waals surface area contributed by atoms with Crippen molar-refractivity contribution in [3.8, 4) is 45.3 Å². The molecule has 0 aliphatic carbocycles. The summed E-state index contributed by atoms with van der Waals surface area (Å²) < 4.78 is 6.52. The van der Waals surface area contributed by atoms with Crippen LogP contribution in [0.25, 0.3) is 110 Å². The highest BCUT2D eigenvalue weighted by molar-refractivity contribution is 6.25. The molecule has 11 rings (SSSR count). The third kappa shape index (κ3) is 4.66. The van der Waals surface area contributed by atoms with Crippen LogP contribution in [0.3, 0.4) is 0 Å². The van der Waals surface area contributed by atoms with E-state index in [1.54, 1.807) is 0 Å². The van der Waals surface area contributed by atoms with Crippen molar-refractivity contribution in [2.45, 2.75) is 0 Å². The van der Waals surface area contributed by atoms with E-state index in [9.17, 15) is 0 Å². The molecule has 0 bridgehead atoms. The van der Waals surface area contributed by atoms with Crippen LogP contribution in [0.1, 0.15) is 0 Å². The zero-order chi connectivity index (χ0) is 34.9. The van der Waals surface area contributed by atoms with E-state index in [2.05, 4.69) is 152 Å². The van der Waals surface area contributed by atoms with Gasteiger partial charge in [0.15, 0.2) is 17.5 Å². The summed E-state index contributed by atoms with van der Waals surface area (Å²) in [7, 11) is 0. The third-order valence-electron chi connectivity index (χ3n) is 10.5. The number of para-hydroxylation sites is 2. The van der Waals surface area contributed by atoms with E-state index in [4.69, 9.17) is 19.4 Å². The molecule has 4 nitrogen and oxygen atoms in total. The second kappa shape index (κ2) is 11.7. The highest BCUT2D eigenvalue weighted by Crippen LogP contribution is 2.40. The quantitative estimate of drug-likeness (QED) is 0.174. The van der Waals surface area contributed by atoms with Crippen molar-refractivity contribution in [3.63, 3.8) is 0 Å². The molecule has 2 heterocycles. The minimum absolute atomic E-state index is 0.561. The molecule has 0 atom stereocenters. The van der Waals surface area contributed by atoms with Crippen molar-refractivity contribution in [1.82, 2.24) is 15.0 Å². The molecule has 0 amide bonds. The number of rotatable bonds is 4. The zero-order valence-electron chi connectivity index (χ0n) is 28.5. The molecule has 11 aromatic rings. The molecule has 0 N–H and O–H groups in total. The SMILES string of the molecule is c1ccc(-c2cccc3ccccc23)c(-c2nc(-c3ccc4c5ccccc5c5ccccc5c4c3)nc(-c3cccc4c3oc3ccccc34)n2)c1. The molecule has 0 aliphatic rings. The summed E-state index contributed by atoms with van der Waals surface area (Å²) >= 11 is 0. The first-order chi connectivity index (χ1) is 26.3. The lowest BCUT2D eigenvalue weighted by atomic mass is 9.93. The topological polar surface area (TPSA) is 51.8 Å². The highest BCUT2D eigenvalue weighted by atomic mass is 16.3. The lowest BCUT2D eigenvalue weighted by Crippen LogP contribution is -2.01. The molecule has 4 heteroatoms.